The Hall–Kier alpha value is -1.91. The van der Waals surface area contributed by atoms with Crippen molar-refractivity contribution in [2.45, 2.75) is 0 Å². The van der Waals surface area contributed by atoms with Gasteiger partial charge in [0.2, 0.25) is 0 Å². The van der Waals surface area contributed by atoms with Crippen molar-refractivity contribution in [2.75, 3.05) is 0 Å². The number of carboxylic acids is 1. The molecule has 0 spiro atoms. The van der Waals surface area contributed by atoms with E-state index in [4.69, 9.17) is 11.6 Å². The van der Waals surface area contributed by atoms with E-state index in [0.29, 0.717) is 26.1 Å². The zero-order chi connectivity index (χ0) is 15.0. The Bertz CT molecular complexity index is 850. The Morgan fingerprint density at radius 3 is 2.52 bits per heavy atom. The largest absolute Gasteiger partial charge is 0.478 e. The number of carboxylic acid groups (broad SMARTS) is 1. The van der Waals surface area contributed by atoms with E-state index in [1.807, 2.05) is 30.3 Å². The van der Waals surface area contributed by atoms with Gasteiger partial charge in [0.25, 0.3) is 0 Å². The minimum Gasteiger partial charge on any atom is -0.478 e. The summed E-state index contributed by atoms with van der Waals surface area (Å²) in [5, 5.41) is 10.4. The summed E-state index contributed by atoms with van der Waals surface area (Å²) in [5.41, 5.74) is 2.24. The smallest absolute Gasteiger partial charge is 0.336 e. The minimum atomic E-state index is -1.01. The molecule has 0 atom stereocenters. The molecule has 0 saturated carbocycles. The number of aromatic nitrogens is 1. The van der Waals surface area contributed by atoms with Crippen LogP contribution in [0.15, 0.2) is 53.0 Å². The third kappa shape index (κ3) is 2.64. The molecule has 1 aromatic heterocycles. The van der Waals surface area contributed by atoms with Gasteiger partial charge in [-0.15, -0.1) is 0 Å². The van der Waals surface area contributed by atoms with E-state index in [1.54, 1.807) is 18.2 Å². The van der Waals surface area contributed by atoms with E-state index in [1.165, 1.54) is 0 Å². The quantitative estimate of drug-likeness (QED) is 0.696. The van der Waals surface area contributed by atoms with Crippen LogP contribution in [-0.4, -0.2) is 16.1 Å². The van der Waals surface area contributed by atoms with Crippen molar-refractivity contribution in [1.29, 1.82) is 0 Å². The molecule has 21 heavy (non-hydrogen) atoms. The molecule has 1 N–H and O–H groups in total. The molecular weight excluding hydrogens is 354 g/mol. The summed E-state index contributed by atoms with van der Waals surface area (Å²) < 4.78 is 0.672. The van der Waals surface area contributed by atoms with Crippen LogP contribution in [0.1, 0.15) is 10.4 Å². The molecule has 0 radical (unpaired) electrons. The van der Waals surface area contributed by atoms with Crippen LogP contribution in [0.4, 0.5) is 0 Å². The Morgan fingerprint density at radius 1 is 1.14 bits per heavy atom. The van der Waals surface area contributed by atoms with Crippen LogP contribution in [-0.2, 0) is 0 Å². The second kappa shape index (κ2) is 5.47. The highest BCUT2D eigenvalue weighted by molar-refractivity contribution is 9.10. The summed E-state index contributed by atoms with van der Waals surface area (Å²) in [5.74, 6) is -1.01. The first-order valence-electron chi connectivity index (χ1n) is 6.15. The summed E-state index contributed by atoms with van der Waals surface area (Å²) in [6, 6.07) is 14.4. The first-order valence-corrected chi connectivity index (χ1v) is 7.32. The van der Waals surface area contributed by atoms with E-state index < -0.39 is 5.97 Å². The monoisotopic (exact) mass is 361 g/mol. The molecule has 0 bridgehead atoms. The topological polar surface area (TPSA) is 50.2 Å². The first-order chi connectivity index (χ1) is 10.1. The molecule has 104 valence electrons. The van der Waals surface area contributed by atoms with Gasteiger partial charge < -0.3 is 5.11 Å². The number of benzene rings is 2. The van der Waals surface area contributed by atoms with Gasteiger partial charge in [-0.1, -0.05) is 41.9 Å². The number of hydrogen-bond acceptors (Lipinski definition) is 2. The van der Waals surface area contributed by atoms with Crippen LogP contribution in [0.2, 0.25) is 5.02 Å². The lowest BCUT2D eigenvalue weighted by Crippen LogP contribution is -2.00. The summed E-state index contributed by atoms with van der Waals surface area (Å²) in [6.45, 7) is 0. The third-order valence-electron chi connectivity index (χ3n) is 3.13. The number of carbonyl (C=O) groups is 1. The fourth-order valence-electron chi connectivity index (χ4n) is 2.19. The summed E-state index contributed by atoms with van der Waals surface area (Å²) in [7, 11) is 0. The van der Waals surface area contributed by atoms with Crippen LogP contribution in [0.25, 0.3) is 22.2 Å². The number of fused-ring (bicyclic) bond motifs is 1. The van der Waals surface area contributed by atoms with Crippen LogP contribution in [0, 0.1) is 0 Å². The average Bonchev–Trinajstić information content (AvgIpc) is 2.47. The van der Waals surface area contributed by atoms with Crippen LogP contribution in [0.3, 0.4) is 0 Å². The van der Waals surface area contributed by atoms with E-state index in [0.717, 1.165) is 5.56 Å². The highest BCUT2D eigenvalue weighted by Gasteiger charge is 2.15. The van der Waals surface area contributed by atoms with Crippen LogP contribution in [0.5, 0.6) is 0 Å². The number of halogens is 2. The van der Waals surface area contributed by atoms with E-state index in [2.05, 4.69) is 20.9 Å². The zero-order valence-corrected chi connectivity index (χ0v) is 13.0. The Morgan fingerprint density at radius 2 is 1.86 bits per heavy atom. The Labute approximate surface area is 134 Å². The molecule has 0 aliphatic carbocycles. The van der Waals surface area contributed by atoms with Gasteiger partial charge in [-0.05, 0) is 34.1 Å². The van der Waals surface area contributed by atoms with Crippen molar-refractivity contribution in [1.82, 2.24) is 4.98 Å². The second-order valence-electron chi connectivity index (χ2n) is 4.51. The maximum Gasteiger partial charge on any atom is 0.336 e. The highest BCUT2D eigenvalue weighted by Crippen LogP contribution is 2.32. The maximum atomic E-state index is 11.5. The number of aromatic carboxylic acids is 1. The SMILES string of the molecule is O=C(O)c1cc(-c2ccccc2)nc2c(Br)cc(Cl)cc12. The predicted molar refractivity (Wildman–Crippen MR) is 86.8 cm³/mol. The van der Waals surface area contributed by atoms with Crippen molar-refractivity contribution in [3.8, 4) is 11.3 Å². The van der Waals surface area contributed by atoms with Crippen molar-refractivity contribution in [3.63, 3.8) is 0 Å². The van der Waals surface area contributed by atoms with Crippen molar-refractivity contribution >= 4 is 44.4 Å². The zero-order valence-electron chi connectivity index (χ0n) is 10.7. The van der Waals surface area contributed by atoms with Crippen LogP contribution >= 0.6 is 27.5 Å². The number of rotatable bonds is 2. The predicted octanol–water partition coefficient (Wildman–Crippen LogP) is 5.02. The van der Waals surface area contributed by atoms with Gasteiger partial charge in [0.1, 0.15) is 0 Å². The standard InChI is InChI=1S/C16H9BrClNO2/c17-13-7-10(18)6-11-12(16(20)21)8-14(19-15(11)13)9-4-2-1-3-5-9/h1-8H,(H,20,21). The molecule has 0 unspecified atom stereocenters. The fraction of sp³-hybridized carbons (Fsp3) is 0. The molecule has 0 aliphatic rings. The maximum absolute atomic E-state index is 11.5. The second-order valence-corrected chi connectivity index (χ2v) is 5.80. The number of hydrogen-bond donors (Lipinski definition) is 1. The highest BCUT2D eigenvalue weighted by atomic mass is 79.9. The van der Waals surface area contributed by atoms with Gasteiger partial charge >= 0.3 is 5.97 Å². The summed E-state index contributed by atoms with van der Waals surface area (Å²) in [4.78, 5) is 16.1. The Kier molecular flexibility index (Phi) is 3.66. The average molecular weight is 363 g/mol. The first kappa shape index (κ1) is 14.0. The number of pyridine rings is 1. The van der Waals surface area contributed by atoms with Gasteiger partial charge in [0, 0.05) is 20.4 Å². The van der Waals surface area contributed by atoms with Gasteiger partial charge in [-0.3, -0.25) is 0 Å². The molecule has 0 saturated heterocycles. The lowest BCUT2D eigenvalue weighted by Gasteiger charge is -2.09. The fourth-order valence-corrected chi connectivity index (χ4v) is 3.08. The van der Waals surface area contributed by atoms with Gasteiger partial charge in [-0.25, -0.2) is 9.78 Å². The molecule has 3 nitrogen and oxygen atoms in total. The molecule has 3 aromatic rings. The molecule has 2 aromatic carbocycles. The summed E-state index contributed by atoms with van der Waals surface area (Å²) in [6.07, 6.45) is 0. The molecule has 5 heteroatoms. The van der Waals surface area contributed by atoms with Gasteiger partial charge in [0.15, 0.2) is 0 Å². The van der Waals surface area contributed by atoms with Gasteiger partial charge in [-0.2, -0.15) is 0 Å². The molecule has 0 fully saturated rings. The van der Waals surface area contributed by atoms with E-state index in [9.17, 15) is 9.90 Å². The summed E-state index contributed by atoms with van der Waals surface area (Å²) >= 11 is 9.40. The van der Waals surface area contributed by atoms with Crippen molar-refractivity contribution in [3.05, 3.63) is 63.6 Å². The molecule has 0 aliphatic heterocycles. The number of nitrogens with zero attached hydrogens (tertiary/aromatic N) is 1. The third-order valence-corrected chi connectivity index (χ3v) is 3.95. The molecule has 0 amide bonds. The minimum absolute atomic E-state index is 0.182. The molecule has 1 heterocycles. The lowest BCUT2D eigenvalue weighted by atomic mass is 10.0. The van der Waals surface area contributed by atoms with E-state index in [-0.39, 0.29) is 5.56 Å². The van der Waals surface area contributed by atoms with E-state index >= 15 is 0 Å². The van der Waals surface area contributed by atoms with Crippen LogP contribution < -0.4 is 0 Å². The Balaban J connectivity index is 2.38. The lowest BCUT2D eigenvalue weighted by molar-refractivity contribution is 0.0699. The van der Waals surface area contributed by atoms with Gasteiger partial charge in [0.05, 0.1) is 16.8 Å². The normalized spacial score (nSPS) is 10.8. The molecule has 3 rings (SSSR count). The molecular formula is C16H9BrClNO2. The van der Waals surface area contributed by atoms with Crippen molar-refractivity contribution < 1.29 is 9.90 Å². The van der Waals surface area contributed by atoms with Crippen molar-refractivity contribution in [2.24, 2.45) is 0 Å².